The molecule has 2 aromatic heterocycles. The standard InChI is InChI=1S/C81H108F4N12O17S2/c1-11-44-38-79(44,72(102)94-115(106,107)47-26-27-47)92-66(98)60-49(12-2)58-40-97(60)71(101)64(91-75(105)114-78(9)32-19-22-45(78)21-15-14-16-23-54-68(111-58)89-56-36-46(110-10)25-31-52(56)86-54)77(7,8)37-42-24-30-53-55(34-42)87-62-69(88-53)112-59-41-96(70(100)63(76(4,5)6)90-74(104)113-57-35-43(57)20-17-18-33-81(62,84)85)61(50(59)13-3)67(99)93-80(39-51(80)65(82)83)73(103)95-116(108,109)48-28-29-48/h24-25,30-31,34,36,43-45,47-51,57-61,63-65H,11-23,26-29,32-33,35,37-41H2,1-10H3,(H,90,104)(H,91,105)(H,92,98)(H,93,99)(H,94,102)(H,95,103). The molecule has 8 amide bonds. The maximum atomic E-state index is 17.8. The second-order valence-electron chi connectivity index (χ2n) is 36.1. The number of halogens is 4. The van der Waals surface area contributed by atoms with Crippen LogP contribution >= 0.6 is 0 Å². The van der Waals surface area contributed by atoms with Crippen LogP contribution in [0.25, 0.3) is 22.1 Å². The Balaban J connectivity index is 0.830. The predicted octanol–water partition coefficient (Wildman–Crippen LogP) is 9.43. The molecule has 4 bridgehead atoms. The summed E-state index contributed by atoms with van der Waals surface area (Å²) in [5.74, 6) is -14.4. The number of sulfonamides is 2. The first-order valence-corrected chi connectivity index (χ1v) is 44.3. The Morgan fingerprint density at radius 1 is 0.629 bits per heavy atom. The Kier molecular flexibility index (Phi) is 22.9. The highest BCUT2D eigenvalue weighted by molar-refractivity contribution is 7.91. The minimum absolute atomic E-state index is 0.0135. The van der Waals surface area contributed by atoms with Gasteiger partial charge in [0, 0.05) is 24.3 Å². The van der Waals surface area contributed by atoms with Crippen molar-refractivity contribution in [3.8, 4) is 17.5 Å². The lowest BCUT2D eigenvalue weighted by Gasteiger charge is -2.39. The fourth-order valence-corrected chi connectivity index (χ4v) is 21.4. The molecule has 6 aliphatic carbocycles. The number of methoxy groups -OCH3 is 1. The number of aryl methyl sites for hydroxylation is 1. The van der Waals surface area contributed by atoms with E-state index in [1.807, 2.05) is 25.5 Å². The van der Waals surface area contributed by atoms with Gasteiger partial charge in [-0.15, -0.1) is 0 Å². The maximum absolute atomic E-state index is 17.8. The van der Waals surface area contributed by atoms with E-state index in [4.69, 9.17) is 38.6 Å². The highest BCUT2D eigenvalue weighted by Gasteiger charge is 2.68. The lowest BCUT2D eigenvalue weighted by Crippen LogP contribution is -2.62. The van der Waals surface area contributed by atoms with Crippen LogP contribution in [0.15, 0.2) is 36.4 Å². The molecule has 2 aromatic carbocycles. The Morgan fingerprint density at radius 2 is 1.20 bits per heavy atom. The number of fused-ring (bicyclic) bond motifs is 10. The van der Waals surface area contributed by atoms with E-state index in [2.05, 4.69) is 31.0 Å². The highest BCUT2D eigenvalue weighted by atomic mass is 32.2. The first-order valence-electron chi connectivity index (χ1n) is 41.2. The number of ether oxygens (including phenoxy) is 5. The number of carbonyl (C=O) groups excluding carboxylic acids is 8. The van der Waals surface area contributed by atoms with E-state index < -0.39 is 215 Å². The average Bonchev–Trinajstić information content (AvgIpc) is 1.57. The molecule has 4 aliphatic heterocycles. The highest BCUT2D eigenvalue weighted by Crippen LogP contribution is 2.52. The van der Waals surface area contributed by atoms with Crippen LogP contribution in [0, 0.1) is 46.3 Å². The molecule has 10 aliphatic rings. The third-order valence-electron chi connectivity index (χ3n) is 26.2. The first-order chi connectivity index (χ1) is 54.8. The van der Waals surface area contributed by atoms with Gasteiger partial charge in [-0.05, 0) is 181 Å². The van der Waals surface area contributed by atoms with Crippen molar-refractivity contribution in [2.24, 2.45) is 46.3 Å². The smallest absolute Gasteiger partial charge is 0.408 e. The molecular weight excluding hydrogens is 1550 g/mol. The molecule has 0 radical (unpaired) electrons. The summed E-state index contributed by atoms with van der Waals surface area (Å²) >= 11 is 0. The Bertz CT molecular complexity index is 4780. The monoisotopic (exact) mass is 1660 g/mol. The van der Waals surface area contributed by atoms with Crippen molar-refractivity contribution in [2.75, 3.05) is 20.2 Å². The Morgan fingerprint density at radius 3 is 1.79 bits per heavy atom. The number of nitrogens with one attached hydrogen (secondary N) is 6. The molecule has 8 fully saturated rings. The third kappa shape index (κ3) is 17.0. The van der Waals surface area contributed by atoms with Crippen LogP contribution in [-0.4, -0.2) is 190 Å². The van der Waals surface area contributed by atoms with Crippen LogP contribution in [0.2, 0.25) is 0 Å². The van der Waals surface area contributed by atoms with Crippen LogP contribution in [0.3, 0.4) is 0 Å². The lowest BCUT2D eigenvalue weighted by molar-refractivity contribution is -0.144. The van der Waals surface area contributed by atoms with Crippen LogP contribution in [0.5, 0.6) is 17.5 Å². The van der Waals surface area contributed by atoms with E-state index >= 15 is 32.8 Å². The van der Waals surface area contributed by atoms with Gasteiger partial charge < -0.3 is 54.8 Å². The summed E-state index contributed by atoms with van der Waals surface area (Å²) in [5.41, 5.74) is -6.68. The SMILES string of the molecule is CCC1C2CN(C(=O)C(C(C)(C)C)NC(=O)OC3CC3CCCCC(F)(F)c3nc4cc(CC(C)(C)C5NC(=O)OC6(C)CCCC6CCCCCc6nc7ccc(OC)cc7nc6OC6CN(C5=O)C(C(=O)NC5(C(=O)NS(=O)(=O)C7CC7)CC5CC)C6CC)ccc4nc3O2)C1C(=O)NC1(C(=O)NS(=O)(=O)C2CC2)CC1C(F)F. The number of aromatic nitrogens is 4. The second kappa shape index (κ2) is 31.7. The van der Waals surface area contributed by atoms with E-state index in [0.717, 1.165) is 37.0 Å². The molecule has 0 spiro atoms. The van der Waals surface area contributed by atoms with Crippen LogP contribution in [-0.2, 0) is 77.1 Å². The van der Waals surface area contributed by atoms with Crippen molar-refractivity contribution >= 4 is 89.7 Å². The summed E-state index contributed by atoms with van der Waals surface area (Å²) in [6.45, 7) is 14.6. The predicted molar refractivity (Wildman–Crippen MR) is 413 cm³/mol. The number of hydrogen-bond acceptors (Lipinski definition) is 21. The average molecular weight is 1660 g/mol. The summed E-state index contributed by atoms with van der Waals surface area (Å²) in [4.78, 5) is 142. The molecule has 116 heavy (non-hydrogen) atoms. The zero-order chi connectivity index (χ0) is 83.3. The van der Waals surface area contributed by atoms with Crippen molar-refractivity contribution in [2.45, 2.75) is 292 Å². The van der Waals surface area contributed by atoms with Gasteiger partial charge in [-0.2, -0.15) is 8.78 Å². The van der Waals surface area contributed by atoms with Crippen LogP contribution in [0.4, 0.5) is 27.2 Å². The molecule has 6 saturated carbocycles. The lowest BCUT2D eigenvalue weighted by atomic mass is 9.77. The molecule has 4 aromatic rings. The molecule has 2 saturated heterocycles. The van der Waals surface area contributed by atoms with Crippen molar-refractivity contribution in [3.63, 3.8) is 0 Å². The van der Waals surface area contributed by atoms with Gasteiger partial charge >= 0.3 is 12.2 Å². The zero-order valence-corrected chi connectivity index (χ0v) is 69.0. The number of alkyl carbamates (subject to hydrolysis) is 2. The molecule has 14 rings (SSSR count). The number of amides is 8. The molecule has 634 valence electrons. The summed E-state index contributed by atoms with van der Waals surface area (Å²) in [5, 5.41) is 9.35. The van der Waals surface area contributed by atoms with E-state index in [1.54, 1.807) is 65.8 Å². The normalized spacial score (nSPS) is 31.9. The quantitative estimate of drug-likeness (QED) is 0.0505. The molecule has 16 atom stereocenters. The van der Waals surface area contributed by atoms with Gasteiger partial charge in [-0.25, -0.2) is 55.1 Å². The topological polar surface area (TPSA) is 381 Å². The Hall–Kier alpha value is -8.50. The maximum Gasteiger partial charge on any atom is 0.408 e. The second-order valence-corrected chi connectivity index (χ2v) is 40.0. The van der Waals surface area contributed by atoms with E-state index in [-0.39, 0.29) is 86.7 Å². The minimum Gasteiger partial charge on any atom is -0.497 e. The van der Waals surface area contributed by atoms with Crippen molar-refractivity contribution in [3.05, 3.63) is 53.3 Å². The number of benzene rings is 2. The molecule has 6 N–H and O–H groups in total. The van der Waals surface area contributed by atoms with Gasteiger partial charge in [0.25, 0.3) is 17.7 Å². The molecule has 29 nitrogen and oxygen atoms in total. The van der Waals surface area contributed by atoms with Crippen LogP contribution < -0.4 is 44.9 Å². The van der Waals surface area contributed by atoms with Crippen molar-refractivity contribution in [1.82, 2.24) is 60.4 Å². The van der Waals surface area contributed by atoms with Crippen molar-refractivity contribution < 1.29 is 96.4 Å². The van der Waals surface area contributed by atoms with Gasteiger partial charge in [-0.3, -0.25) is 38.2 Å². The number of carbonyl (C=O) groups is 8. The molecular formula is C81H108F4N12O17S2. The van der Waals surface area contributed by atoms with Gasteiger partial charge in [0.05, 0.1) is 58.7 Å². The largest absolute Gasteiger partial charge is 0.497 e. The van der Waals surface area contributed by atoms with Crippen molar-refractivity contribution in [1.29, 1.82) is 0 Å². The molecule has 35 heteroatoms. The van der Waals surface area contributed by atoms with Crippen LogP contribution in [0.1, 0.15) is 214 Å². The van der Waals surface area contributed by atoms with Gasteiger partial charge in [0.2, 0.25) is 61.9 Å². The number of alkyl halides is 4. The fraction of sp³-hybridized carbons (Fsp3) is 0.704. The summed E-state index contributed by atoms with van der Waals surface area (Å²) in [7, 11) is -6.91. The zero-order valence-electron chi connectivity index (χ0n) is 67.3. The third-order valence-corrected chi connectivity index (χ3v) is 29.8. The molecule has 6 heterocycles. The van der Waals surface area contributed by atoms with Gasteiger partial charge in [-0.1, -0.05) is 87.1 Å². The summed E-state index contributed by atoms with van der Waals surface area (Å²) in [6, 6.07) is 3.74. The van der Waals surface area contributed by atoms with Gasteiger partial charge in [0.1, 0.15) is 70.6 Å². The van der Waals surface area contributed by atoms with E-state index in [9.17, 15) is 40.0 Å². The number of hydrogen-bond donors (Lipinski definition) is 6. The van der Waals surface area contributed by atoms with E-state index in [0.29, 0.717) is 79.4 Å². The first kappa shape index (κ1) is 84.0. The van der Waals surface area contributed by atoms with Gasteiger partial charge in [0.15, 0.2) is 5.69 Å². The molecule has 16 unspecified atom stereocenters. The fourth-order valence-electron chi connectivity index (χ4n) is 18.7. The Labute approximate surface area is 672 Å². The summed E-state index contributed by atoms with van der Waals surface area (Å²) in [6.07, 6.45) is -1.45. The number of rotatable bonds is 18. The minimum atomic E-state index is -4.34. The summed E-state index contributed by atoms with van der Waals surface area (Å²) < 4.78 is 154. The van der Waals surface area contributed by atoms with E-state index in [1.165, 1.54) is 24.1 Å². The number of nitrogens with zero attached hydrogens (tertiary/aromatic N) is 6.